The number of fused-ring (bicyclic) bond motifs is 3. The largest absolute Gasteiger partial charge is 0.494 e. The zero-order valence-corrected chi connectivity index (χ0v) is 28.2. The second-order valence-corrected chi connectivity index (χ2v) is 15.9. The molecule has 2 aromatic carbocycles. The Bertz CT molecular complexity index is 1140. The summed E-state index contributed by atoms with van der Waals surface area (Å²) in [4.78, 5) is 0. The number of halogens is 1. The summed E-state index contributed by atoms with van der Waals surface area (Å²) in [6.07, 6.45) is 8.81. The normalized spacial score (nSPS) is 22.9. The van der Waals surface area contributed by atoms with Crippen LogP contribution < -0.4 is 10.9 Å². The van der Waals surface area contributed by atoms with Gasteiger partial charge >= 0.3 is 14.2 Å². The molecule has 4 nitrogen and oxygen atoms in total. The third-order valence-corrected chi connectivity index (χ3v) is 11.9. The molecular formula is C33H47B2IO4. The first-order chi connectivity index (χ1) is 18.6. The maximum absolute atomic E-state index is 6.46. The van der Waals surface area contributed by atoms with Gasteiger partial charge in [-0.2, -0.15) is 0 Å². The van der Waals surface area contributed by atoms with E-state index in [-0.39, 0.29) is 40.1 Å². The molecule has 0 aromatic heterocycles. The van der Waals surface area contributed by atoms with E-state index < -0.39 is 0 Å². The number of benzene rings is 2. The van der Waals surface area contributed by atoms with E-state index in [9.17, 15) is 0 Å². The van der Waals surface area contributed by atoms with Gasteiger partial charge in [-0.1, -0.05) is 104 Å². The van der Waals surface area contributed by atoms with Crippen molar-refractivity contribution in [2.24, 2.45) is 0 Å². The minimum Gasteiger partial charge on any atom is -0.399 e. The molecule has 5 rings (SSSR count). The highest BCUT2D eigenvalue weighted by Crippen LogP contribution is 2.55. The first kappa shape index (κ1) is 30.6. The summed E-state index contributed by atoms with van der Waals surface area (Å²) in [5.74, 6) is 0. The van der Waals surface area contributed by atoms with Crippen LogP contribution in [0.2, 0.25) is 0 Å². The summed E-state index contributed by atoms with van der Waals surface area (Å²) < 4.78 is 25.7. The second kappa shape index (κ2) is 10.7. The lowest BCUT2D eigenvalue weighted by Gasteiger charge is -2.32. The summed E-state index contributed by atoms with van der Waals surface area (Å²) >= 11 is 2.74. The zero-order chi connectivity index (χ0) is 29.1. The van der Waals surface area contributed by atoms with Gasteiger partial charge in [0.25, 0.3) is 0 Å². The Labute approximate surface area is 257 Å². The lowest BCUT2D eigenvalue weighted by atomic mass is 9.76. The van der Waals surface area contributed by atoms with E-state index in [1.54, 1.807) is 0 Å². The molecule has 2 aromatic rings. The van der Waals surface area contributed by atoms with Gasteiger partial charge < -0.3 is 18.6 Å². The van der Waals surface area contributed by atoms with Crippen molar-refractivity contribution < 1.29 is 18.6 Å². The Kier molecular flexibility index (Phi) is 8.18. The summed E-state index contributed by atoms with van der Waals surface area (Å²) in [5, 5.41) is 0. The van der Waals surface area contributed by atoms with Crippen molar-refractivity contribution in [2.45, 2.75) is 133 Å². The predicted octanol–water partition coefficient (Wildman–Crippen LogP) is 7.69. The van der Waals surface area contributed by atoms with Crippen LogP contribution in [0.15, 0.2) is 36.4 Å². The Balaban J connectivity index is 1.49. The molecule has 40 heavy (non-hydrogen) atoms. The van der Waals surface area contributed by atoms with Crippen molar-refractivity contribution in [2.75, 3.05) is 0 Å². The molecule has 0 saturated carbocycles. The van der Waals surface area contributed by atoms with E-state index >= 15 is 0 Å². The van der Waals surface area contributed by atoms with Crippen molar-refractivity contribution in [1.82, 2.24) is 0 Å². The van der Waals surface area contributed by atoms with Gasteiger partial charge in [-0.05, 0) is 95.0 Å². The predicted molar refractivity (Wildman–Crippen MR) is 176 cm³/mol. The summed E-state index contributed by atoms with van der Waals surface area (Å²) in [5.41, 5.74) is 6.11. The monoisotopic (exact) mass is 656 g/mol. The highest BCUT2D eigenvalue weighted by molar-refractivity contribution is 14.1. The maximum Gasteiger partial charge on any atom is 0.494 e. The third-order valence-electron chi connectivity index (χ3n) is 10.2. The molecule has 216 valence electrons. The van der Waals surface area contributed by atoms with Gasteiger partial charge in [0.2, 0.25) is 0 Å². The molecule has 1 aliphatic carbocycles. The molecule has 7 heteroatoms. The lowest BCUT2D eigenvalue weighted by Crippen LogP contribution is -2.41. The van der Waals surface area contributed by atoms with Gasteiger partial charge in [-0.15, -0.1) is 0 Å². The molecule has 0 atom stereocenters. The molecule has 3 aliphatic rings. The fourth-order valence-corrected chi connectivity index (χ4v) is 7.34. The number of unbranched alkanes of at least 4 members (excludes halogenated alkanes) is 5. The van der Waals surface area contributed by atoms with Crippen LogP contribution in [-0.2, 0) is 22.0 Å². The van der Waals surface area contributed by atoms with Crippen molar-refractivity contribution in [3.63, 3.8) is 0 Å². The molecule has 2 fully saturated rings. The van der Waals surface area contributed by atoms with Gasteiger partial charge in [0.15, 0.2) is 0 Å². The number of alkyl halides is 1. The lowest BCUT2D eigenvalue weighted by molar-refractivity contribution is 0.00578. The van der Waals surface area contributed by atoms with Crippen molar-refractivity contribution >= 4 is 47.8 Å². The molecule has 0 unspecified atom stereocenters. The van der Waals surface area contributed by atoms with Gasteiger partial charge in [-0.25, -0.2) is 0 Å². The van der Waals surface area contributed by atoms with E-state index in [1.165, 1.54) is 60.8 Å². The topological polar surface area (TPSA) is 36.9 Å². The van der Waals surface area contributed by atoms with Crippen molar-refractivity contribution in [3.05, 3.63) is 47.5 Å². The van der Waals surface area contributed by atoms with Crippen LogP contribution in [0.1, 0.15) is 118 Å². The fraction of sp³-hybridized carbons (Fsp3) is 0.636. The minimum absolute atomic E-state index is 0.132. The van der Waals surface area contributed by atoms with Crippen LogP contribution in [0.5, 0.6) is 0 Å². The summed E-state index contributed by atoms with van der Waals surface area (Å²) in [6.45, 7) is 19.2. The zero-order valence-electron chi connectivity index (χ0n) is 26.1. The number of hydrogen-bond acceptors (Lipinski definition) is 4. The average molecular weight is 656 g/mol. The molecule has 0 radical (unpaired) electrons. The fourth-order valence-electron chi connectivity index (χ4n) is 6.06. The van der Waals surface area contributed by atoms with E-state index in [2.05, 4.69) is 121 Å². The van der Waals surface area contributed by atoms with Gasteiger partial charge in [-0.3, -0.25) is 0 Å². The maximum atomic E-state index is 6.46. The molecule has 0 spiro atoms. The SMILES string of the molecule is CCCCCCCCC1(I)c2cc(B3OC(C)(C)C(C)(C)O3)ccc2-c2ccc(B3OC(C)(C)C(C)(C)O3)cc21. The van der Waals surface area contributed by atoms with Crippen LogP contribution in [0.4, 0.5) is 0 Å². The number of rotatable bonds is 9. The Hall–Kier alpha value is -0.860. The Morgan fingerprint density at radius 1 is 0.575 bits per heavy atom. The van der Waals surface area contributed by atoms with E-state index in [4.69, 9.17) is 18.6 Å². The molecule has 0 N–H and O–H groups in total. The Morgan fingerprint density at radius 3 is 1.35 bits per heavy atom. The average Bonchev–Trinajstić information content (AvgIpc) is 3.35. The van der Waals surface area contributed by atoms with Crippen LogP contribution in [0.3, 0.4) is 0 Å². The standard InChI is InChI=1S/C33H47B2IO4/c1-10-11-12-13-14-15-20-33(36)27-21-23(34-37-29(2,3)30(4,5)38-34)16-18-25(27)26-19-17-24(22-28(26)33)35-39-31(6,7)32(8,9)40-35/h16-19,21-22H,10-15,20H2,1-9H3. The molecule has 2 saturated heterocycles. The smallest absolute Gasteiger partial charge is 0.399 e. The van der Waals surface area contributed by atoms with Crippen molar-refractivity contribution in [1.29, 1.82) is 0 Å². The van der Waals surface area contributed by atoms with E-state index in [0.29, 0.717) is 0 Å². The first-order valence-corrected chi connectivity index (χ1v) is 16.4. The minimum atomic E-state index is -0.367. The molecular weight excluding hydrogens is 609 g/mol. The highest BCUT2D eigenvalue weighted by Gasteiger charge is 2.54. The molecule has 0 bridgehead atoms. The van der Waals surface area contributed by atoms with Crippen LogP contribution >= 0.6 is 22.6 Å². The van der Waals surface area contributed by atoms with Gasteiger partial charge in [0.1, 0.15) is 0 Å². The summed E-state index contributed by atoms with van der Waals surface area (Å²) in [6, 6.07) is 13.7. The Morgan fingerprint density at radius 2 is 0.950 bits per heavy atom. The molecule has 2 heterocycles. The van der Waals surface area contributed by atoms with Gasteiger partial charge in [0.05, 0.1) is 25.8 Å². The van der Waals surface area contributed by atoms with Crippen LogP contribution in [0.25, 0.3) is 11.1 Å². The number of hydrogen-bond donors (Lipinski definition) is 0. The van der Waals surface area contributed by atoms with Crippen LogP contribution in [-0.4, -0.2) is 36.6 Å². The molecule has 2 aliphatic heterocycles. The second-order valence-electron chi connectivity index (χ2n) is 14.1. The van der Waals surface area contributed by atoms with Crippen LogP contribution in [0, 0.1) is 0 Å². The van der Waals surface area contributed by atoms with E-state index in [1.807, 2.05) is 0 Å². The first-order valence-electron chi connectivity index (χ1n) is 15.3. The summed E-state index contributed by atoms with van der Waals surface area (Å²) in [7, 11) is -0.733. The quantitative estimate of drug-likeness (QED) is 0.120. The highest BCUT2D eigenvalue weighted by atomic mass is 127. The molecule has 0 amide bonds. The van der Waals surface area contributed by atoms with E-state index in [0.717, 1.165) is 17.3 Å². The third kappa shape index (κ3) is 5.25. The van der Waals surface area contributed by atoms with Gasteiger partial charge in [0, 0.05) is 0 Å². The van der Waals surface area contributed by atoms with Crippen molar-refractivity contribution in [3.8, 4) is 11.1 Å².